The van der Waals surface area contributed by atoms with Gasteiger partial charge in [0.05, 0.1) is 19.1 Å². The molecule has 7 nitrogen and oxygen atoms in total. The number of rotatable bonds is 9. The van der Waals surface area contributed by atoms with Crippen molar-refractivity contribution in [3.8, 4) is 0 Å². The number of carbonyl (C=O) groups is 2. The highest BCUT2D eigenvalue weighted by atomic mass is 35.5. The smallest absolute Gasteiger partial charge is 0.309 e. The lowest BCUT2D eigenvalue weighted by molar-refractivity contribution is -0.149. The summed E-state index contributed by atoms with van der Waals surface area (Å²) in [5.41, 5.74) is 2.19. The fourth-order valence-electron chi connectivity index (χ4n) is 4.32. The second-order valence-corrected chi connectivity index (χ2v) is 9.28. The van der Waals surface area contributed by atoms with Crippen molar-refractivity contribution in [2.24, 2.45) is 5.92 Å². The number of amides is 1. The number of hydrogen-bond acceptors (Lipinski definition) is 6. The highest BCUT2D eigenvalue weighted by Gasteiger charge is 2.30. The van der Waals surface area contributed by atoms with Gasteiger partial charge in [-0.15, -0.1) is 0 Å². The lowest BCUT2D eigenvalue weighted by Crippen LogP contribution is -2.40. The molecule has 1 aromatic heterocycles. The number of ether oxygens (including phenoxy) is 1. The molecule has 1 saturated heterocycles. The predicted molar refractivity (Wildman–Crippen MR) is 133 cm³/mol. The van der Waals surface area contributed by atoms with E-state index >= 15 is 0 Å². The molecule has 0 atom stereocenters. The van der Waals surface area contributed by atoms with E-state index in [1.54, 1.807) is 24.0 Å². The molecule has 4 rings (SSSR count). The molecule has 1 amide bonds. The molecule has 0 spiro atoms. The fraction of sp³-hybridized carbons (Fsp3) is 0.370. The molecule has 3 aromatic rings. The highest BCUT2D eigenvalue weighted by molar-refractivity contribution is 6.30. The van der Waals surface area contributed by atoms with Crippen LogP contribution in [0.25, 0.3) is 0 Å². The van der Waals surface area contributed by atoms with Crippen molar-refractivity contribution in [3.05, 3.63) is 88.3 Å². The number of hydrogen-bond donors (Lipinski definition) is 0. The Hall–Kier alpha value is -3.23. The van der Waals surface area contributed by atoms with Crippen LogP contribution in [0.3, 0.4) is 0 Å². The van der Waals surface area contributed by atoms with Crippen LogP contribution in [-0.2, 0) is 29.2 Å². The predicted octanol–water partition coefficient (Wildman–Crippen LogP) is 5.08. The van der Waals surface area contributed by atoms with Crippen molar-refractivity contribution >= 4 is 23.5 Å². The molecule has 0 unspecified atom stereocenters. The second kappa shape index (κ2) is 12.1. The van der Waals surface area contributed by atoms with Gasteiger partial charge in [-0.1, -0.05) is 35.9 Å². The topological polar surface area (TPSA) is 75.9 Å². The summed E-state index contributed by atoms with van der Waals surface area (Å²) in [5, 5.41) is 0.643. The molecular weight excluding hydrogens is 485 g/mol. The van der Waals surface area contributed by atoms with Crippen molar-refractivity contribution in [2.45, 2.75) is 39.4 Å². The minimum absolute atomic E-state index is 0.173. The van der Waals surface area contributed by atoms with E-state index in [0.717, 1.165) is 11.1 Å². The first-order valence-electron chi connectivity index (χ1n) is 12.0. The zero-order chi connectivity index (χ0) is 25.5. The van der Waals surface area contributed by atoms with Gasteiger partial charge in [-0.3, -0.25) is 14.5 Å². The van der Waals surface area contributed by atoms with E-state index in [4.69, 9.17) is 20.8 Å². The summed E-state index contributed by atoms with van der Waals surface area (Å²) in [4.78, 5) is 33.2. The molecule has 2 aromatic carbocycles. The molecular formula is C27H29ClFN3O4. The lowest BCUT2D eigenvalue weighted by atomic mass is 9.97. The third-order valence-corrected chi connectivity index (χ3v) is 6.38. The van der Waals surface area contributed by atoms with E-state index in [1.165, 1.54) is 18.4 Å². The van der Waals surface area contributed by atoms with Crippen molar-refractivity contribution in [1.29, 1.82) is 0 Å². The molecule has 1 fully saturated rings. The van der Waals surface area contributed by atoms with Gasteiger partial charge in [-0.25, -0.2) is 9.37 Å². The number of oxazole rings is 1. The van der Waals surface area contributed by atoms with Crippen LogP contribution in [0.1, 0.15) is 47.3 Å². The quantitative estimate of drug-likeness (QED) is 0.371. The maximum absolute atomic E-state index is 13.4. The zero-order valence-electron chi connectivity index (χ0n) is 20.2. The maximum atomic E-state index is 13.4. The van der Waals surface area contributed by atoms with Gasteiger partial charge in [0.1, 0.15) is 12.1 Å². The molecule has 0 saturated carbocycles. The van der Waals surface area contributed by atoms with E-state index in [1.807, 2.05) is 24.3 Å². The Morgan fingerprint density at radius 3 is 2.53 bits per heavy atom. The average molecular weight is 514 g/mol. The van der Waals surface area contributed by atoms with Gasteiger partial charge < -0.3 is 14.1 Å². The number of halogens is 2. The Labute approximate surface area is 214 Å². The van der Waals surface area contributed by atoms with Gasteiger partial charge in [-0.05, 0) is 55.2 Å². The molecule has 1 aliphatic rings. The Bertz CT molecular complexity index is 1180. The van der Waals surface area contributed by atoms with Gasteiger partial charge in [0, 0.05) is 31.2 Å². The molecule has 1 aliphatic heterocycles. The van der Waals surface area contributed by atoms with Crippen molar-refractivity contribution in [3.63, 3.8) is 0 Å². The van der Waals surface area contributed by atoms with Crippen LogP contribution in [0.2, 0.25) is 5.02 Å². The summed E-state index contributed by atoms with van der Waals surface area (Å²) in [6, 6.07) is 13.9. The molecule has 0 radical (unpaired) electrons. The van der Waals surface area contributed by atoms with Gasteiger partial charge in [0.2, 0.25) is 5.89 Å². The van der Waals surface area contributed by atoms with Gasteiger partial charge in [-0.2, -0.15) is 0 Å². The Kier molecular flexibility index (Phi) is 8.72. The summed E-state index contributed by atoms with van der Waals surface area (Å²) in [6.45, 7) is 4.52. The summed E-state index contributed by atoms with van der Waals surface area (Å²) in [7, 11) is 0. The number of carbonyl (C=O) groups excluding carboxylic acids is 2. The van der Waals surface area contributed by atoms with Crippen LogP contribution < -0.4 is 0 Å². The van der Waals surface area contributed by atoms with Crippen LogP contribution in [0.5, 0.6) is 0 Å². The largest absolute Gasteiger partial charge is 0.466 e. The summed E-state index contributed by atoms with van der Waals surface area (Å²) in [6.07, 6.45) is 2.52. The molecule has 0 aliphatic carbocycles. The Balaban J connectivity index is 1.41. The Morgan fingerprint density at radius 2 is 1.83 bits per heavy atom. The Morgan fingerprint density at radius 1 is 1.11 bits per heavy atom. The molecule has 0 bridgehead atoms. The van der Waals surface area contributed by atoms with Gasteiger partial charge in [0.15, 0.2) is 5.69 Å². The first-order chi connectivity index (χ1) is 17.4. The molecule has 2 heterocycles. The summed E-state index contributed by atoms with van der Waals surface area (Å²) < 4.78 is 24.1. The third-order valence-electron chi connectivity index (χ3n) is 6.15. The van der Waals surface area contributed by atoms with Crippen LogP contribution in [-0.4, -0.2) is 46.4 Å². The number of benzene rings is 2. The third kappa shape index (κ3) is 6.92. The van der Waals surface area contributed by atoms with Crippen molar-refractivity contribution < 1.29 is 23.1 Å². The maximum Gasteiger partial charge on any atom is 0.309 e. The minimum atomic E-state index is -0.290. The summed E-state index contributed by atoms with van der Waals surface area (Å²) >= 11 is 6.16. The number of esters is 1. The highest BCUT2D eigenvalue weighted by Crippen LogP contribution is 2.21. The number of nitrogens with zero attached hydrogens (tertiary/aromatic N) is 3. The summed E-state index contributed by atoms with van der Waals surface area (Å²) in [5.74, 6) is -0.471. The van der Waals surface area contributed by atoms with E-state index in [0.29, 0.717) is 63.1 Å². The van der Waals surface area contributed by atoms with E-state index in [-0.39, 0.29) is 29.3 Å². The van der Waals surface area contributed by atoms with Crippen LogP contribution in [0, 0.1) is 11.7 Å². The first-order valence-corrected chi connectivity index (χ1v) is 12.4. The lowest BCUT2D eigenvalue weighted by Gasteiger charge is -2.30. The monoisotopic (exact) mass is 513 g/mol. The average Bonchev–Trinajstić information content (AvgIpc) is 3.33. The van der Waals surface area contributed by atoms with Crippen molar-refractivity contribution in [1.82, 2.24) is 14.8 Å². The zero-order valence-corrected chi connectivity index (χ0v) is 20.9. The van der Waals surface area contributed by atoms with Gasteiger partial charge >= 0.3 is 5.97 Å². The minimum Gasteiger partial charge on any atom is -0.466 e. The molecule has 0 N–H and O–H groups in total. The second-order valence-electron chi connectivity index (χ2n) is 8.85. The standard InChI is InChI=1S/C27H29ClFN3O4/c1-2-35-27(34)21-10-12-32(13-11-21)26(33)24-18-36-25(30-24)17-31(15-19-6-8-23(29)9-7-19)16-20-4-3-5-22(28)14-20/h3-9,14,18,21H,2,10-13,15-17H2,1H3. The van der Waals surface area contributed by atoms with E-state index in [2.05, 4.69) is 9.88 Å². The first kappa shape index (κ1) is 25.9. The molecule has 36 heavy (non-hydrogen) atoms. The van der Waals surface area contributed by atoms with Crippen LogP contribution in [0.4, 0.5) is 4.39 Å². The van der Waals surface area contributed by atoms with Gasteiger partial charge in [0.25, 0.3) is 5.91 Å². The fourth-order valence-corrected chi connectivity index (χ4v) is 4.54. The van der Waals surface area contributed by atoms with E-state index in [9.17, 15) is 14.0 Å². The van der Waals surface area contributed by atoms with Crippen LogP contribution in [0.15, 0.2) is 59.2 Å². The molecule has 190 valence electrons. The van der Waals surface area contributed by atoms with Crippen molar-refractivity contribution in [2.75, 3.05) is 19.7 Å². The van der Waals surface area contributed by atoms with Crippen LogP contribution >= 0.6 is 11.6 Å². The van der Waals surface area contributed by atoms with E-state index < -0.39 is 0 Å². The number of aromatic nitrogens is 1. The normalized spacial score (nSPS) is 14.3. The SMILES string of the molecule is CCOC(=O)C1CCN(C(=O)c2coc(CN(Cc3ccc(F)cc3)Cc3cccc(Cl)c3)n2)CC1. The molecule has 9 heteroatoms. The number of likely N-dealkylation sites (tertiary alicyclic amines) is 1. The number of piperidine rings is 1.